The largest absolute Gasteiger partial charge is 0.479 e. The molecule has 0 radical (unpaired) electrons. The maximum Gasteiger partial charge on any atom is 0.341 e. The van der Waals surface area contributed by atoms with Gasteiger partial charge in [0.1, 0.15) is 0 Å². The van der Waals surface area contributed by atoms with Crippen LogP contribution in [-0.2, 0) is 4.79 Å². The summed E-state index contributed by atoms with van der Waals surface area (Å²) >= 11 is 0. The highest BCUT2D eigenvalue weighted by molar-refractivity contribution is 5.76. The number of carboxylic acid groups (broad SMARTS) is 1. The van der Waals surface area contributed by atoms with E-state index in [0.29, 0.717) is 0 Å². The van der Waals surface area contributed by atoms with Crippen LogP contribution in [-0.4, -0.2) is 41.8 Å². The molecular formula is C9H16FNO2. The zero-order chi connectivity index (χ0) is 10.1. The SMILES string of the molecule is CN1CCC(CC(C)(F)C(=O)O)C1. The number of likely N-dealkylation sites (tertiary alicyclic amines) is 1. The van der Waals surface area contributed by atoms with Crippen molar-refractivity contribution in [3.8, 4) is 0 Å². The maximum absolute atomic E-state index is 13.4. The molecule has 3 nitrogen and oxygen atoms in total. The van der Waals surface area contributed by atoms with Gasteiger partial charge in [-0.1, -0.05) is 0 Å². The van der Waals surface area contributed by atoms with E-state index in [9.17, 15) is 9.18 Å². The second kappa shape index (κ2) is 3.62. The third-order valence-electron chi connectivity index (χ3n) is 2.61. The van der Waals surface area contributed by atoms with Crippen molar-refractivity contribution in [3.63, 3.8) is 0 Å². The number of rotatable bonds is 3. The molecule has 1 N–H and O–H groups in total. The van der Waals surface area contributed by atoms with Crippen LogP contribution in [0.2, 0.25) is 0 Å². The molecule has 0 bridgehead atoms. The molecule has 2 unspecified atom stereocenters. The van der Waals surface area contributed by atoms with Crippen LogP contribution < -0.4 is 0 Å². The number of alkyl halides is 1. The molecule has 1 aliphatic rings. The minimum absolute atomic E-state index is 0.132. The van der Waals surface area contributed by atoms with Crippen LogP contribution in [0.15, 0.2) is 0 Å². The number of carboxylic acids is 1. The van der Waals surface area contributed by atoms with Gasteiger partial charge in [0.05, 0.1) is 0 Å². The Morgan fingerprint density at radius 2 is 2.38 bits per heavy atom. The van der Waals surface area contributed by atoms with Crippen LogP contribution in [0.5, 0.6) is 0 Å². The van der Waals surface area contributed by atoms with Crippen LogP contribution in [0.4, 0.5) is 4.39 Å². The second-order valence-electron chi connectivity index (χ2n) is 4.12. The van der Waals surface area contributed by atoms with Crippen LogP contribution in [0.3, 0.4) is 0 Å². The van der Waals surface area contributed by atoms with Gasteiger partial charge in [-0.2, -0.15) is 0 Å². The first kappa shape index (κ1) is 10.4. The molecule has 0 amide bonds. The number of halogens is 1. The van der Waals surface area contributed by atoms with Gasteiger partial charge >= 0.3 is 5.97 Å². The highest BCUT2D eigenvalue weighted by Gasteiger charge is 2.37. The van der Waals surface area contributed by atoms with E-state index in [2.05, 4.69) is 4.90 Å². The molecule has 0 aromatic heterocycles. The lowest BCUT2D eigenvalue weighted by atomic mass is 9.93. The third-order valence-corrected chi connectivity index (χ3v) is 2.61. The standard InChI is InChI=1S/C9H16FNO2/c1-9(10,8(12)13)5-7-3-4-11(2)6-7/h7H,3-6H2,1-2H3,(H,12,13). The summed E-state index contributed by atoms with van der Waals surface area (Å²) in [6.07, 6.45) is 1.04. The third kappa shape index (κ3) is 2.66. The minimum atomic E-state index is -2.06. The fraction of sp³-hybridized carbons (Fsp3) is 0.889. The van der Waals surface area contributed by atoms with E-state index >= 15 is 0 Å². The number of hydrogen-bond acceptors (Lipinski definition) is 2. The molecule has 1 saturated heterocycles. The Hall–Kier alpha value is -0.640. The summed E-state index contributed by atoms with van der Waals surface area (Å²) in [4.78, 5) is 12.6. The van der Waals surface area contributed by atoms with E-state index in [1.54, 1.807) is 0 Å². The van der Waals surface area contributed by atoms with E-state index in [4.69, 9.17) is 5.11 Å². The van der Waals surface area contributed by atoms with Gasteiger partial charge in [-0.3, -0.25) is 0 Å². The van der Waals surface area contributed by atoms with E-state index in [-0.39, 0.29) is 12.3 Å². The van der Waals surface area contributed by atoms with Gasteiger partial charge in [-0.25, -0.2) is 9.18 Å². The van der Waals surface area contributed by atoms with Gasteiger partial charge in [-0.15, -0.1) is 0 Å². The summed E-state index contributed by atoms with van der Waals surface area (Å²) in [6, 6.07) is 0. The molecule has 0 saturated carbocycles. The van der Waals surface area contributed by atoms with Gasteiger partial charge in [0.25, 0.3) is 0 Å². The first-order valence-corrected chi connectivity index (χ1v) is 4.52. The van der Waals surface area contributed by atoms with Gasteiger partial charge < -0.3 is 10.0 Å². The smallest absolute Gasteiger partial charge is 0.341 e. The Kier molecular flexibility index (Phi) is 2.91. The van der Waals surface area contributed by atoms with Crippen molar-refractivity contribution in [3.05, 3.63) is 0 Å². The molecule has 0 aromatic carbocycles. The predicted molar refractivity (Wildman–Crippen MR) is 47.4 cm³/mol. The summed E-state index contributed by atoms with van der Waals surface area (Å²) < 4.78 is 13.4. The first-order chi connectivity index (χ1) is 5.92. The summed E-state index contributed by atoms with van der Waals surface area (Å²) in [6.45, 7) is 2.90. The molecule has 1 rings (SSSR count). The highest BCUT2D eigenvalue weighted by Crippen LogP contribution is 2.27. The van der Waals surface area contributed by atoms with Crippen molar-refractivity contribution in [2.24, 2.45) is 5.92 Å². The van der Waals surface area contributed by atoms with Crippen LogP contribution in [0.1, 0.15) is 19.8 Å². The Morgan fingerprint density at radius 1 is 1.77 bits per heavy atom. The van der Waals surface area contributed by atoms with Crippen LogP contribution in [0, 0.1) is 5.92 Å². The zero-order valence-corrected chi connectivity index (χ0v) is 8.09. The molecular weight excluding hydrogens is 173 g/mol. The predicted octanol–water partition coefficient (Wildman–Crippen LogP) is 1.14. The molecule has 1 fully saturated rings. The van der Waals surface area contributed by atoms with E-state index < -0.39 is 11.6 Å². The van der Waals surface area contributed by atoms with Crippen LogP contribution >= 0.6 is 0 Å². The Labute approximate surface area is 77.5 Å². The quantitative estimate of drug-likeness (QED) is 0.723. The zero-order valence-electron chi connectivity index (χ0n) is 8.09. The summed E-state index contributed by atoms with van der Waals surface area (Å²) in [7, 11) is 1.97. The first-order valence-electron chi connectivity index (χ1n) is 4.52. The summed E-state index contributed by atoms with van der Waals surface area (Å²) in [5.74, 6) is -1.15. The maximum atomic E-state index is 13.4. The molecule has 1 heterocycles. The fourth-order valence-electron chi connectivity index (χ4n) is 1.82. The van der Waals surface area contributed by atoms with E-state index in [1.807, 2.05) is 7.05 Å². The molecule has 0 aromatic rings. The average Bonchev–Trinajstić information content (AvgIpc) is 2.34. The van der Waals surface area contributed by atoms with Gasteiger partial charge in [0, 0.05) is 6.54 Å². The number of carbonyl (C=O) groups is 1. The lowest BCUT2D eigenvalue weighted by molar-refractivity contribution is -0.150. The molecule has 2 atom stereocenters. The minimum Gasteiger partial charge on any atom is -0.479 e. The van der Waals surface area contributed by atoms with Crippen molar-refractivity contribution in [1.82, 2.24) is 4.90 Å². The molecule has 0 aliphatic carbocycles. The van der Waals surface area contributed by atoms with Crippen molar-refractivity contribution < 1.29 is 14.3 Å². The average molecular weight is 189 g/mol. The van der Waals surface area contributed by atoms with Crippen molar-refractivity contribution in [1.29, 1.82) is 0 Å². The molecule has 1 aliphatic heterocycles. The number of hydrogen-bond donors (Lipinski definition) is 1. The summed E-state index contributed by atoms with van der Waals surface area (Å²) in [5.41, 5.74) is -2.06. The molecule has 4 heteroatoms. The fourth-order valence-corrected chi connectivity index (χ4v) is 1.82. The van der Waals surface area contributed by atoms with Crippen LogP contribution in [0.25, 0.3) is 0 Å². The Bertz CT molecular complexity index is 206. The van der Waals surface area contributed by atoms with Gasteiger partial charge in [0.2, 0.25) is 5.67 Å². The van der Waals surface area contributed by atoms with Gasteiger partial charge in [0.15, 0.2) is 0 Å². The highest BCUT2D eigenvalue weighted by atomic mass is 19.1. The topological polar surface area (TPSA) is 40.5 Å². The monoisotopic (exact) mass is 189 g/mol. The Morgan fingerprint density at radius 3 is 2.77 bits per heavy atom. The molecule has 76 valence electrons. The van der Waals surface area contributed by atoms with Gasteiger partial charge in [-0.05, 0) is 39.3 Å². The summed E-state index contributed by atoms with van der Waals surface area (Å²) in [5, 5.41) is 8.58. The lowest BCUT2D eigenvalue weighted by Gasteiger charge is -2.19. The second-order valence-corrected chi connectivity index (χ2v) is 4.12. The Balaban J connectivity index is 2.44. The van der Waals surface area contributed by atoms with Crippen molar-refractivity contribution >= 4 is 5.97 Å². The van der Waals surface area contributed by atoms with E-state index in [1.165, 1.54) is 0 Å². The lowest BCUT2D eigenvalue weighted by Crippen LogP contribution is -2.33. The molecule has 0 spiro atoms. The van der Waals surface area contributed by atoms with E-state index in [0.717, 1.165) is 26.4 Å². The molecule has 13 heavy (non-hydrogen) atoms. The van der Waals surface area contributed by atoms with Crippen molar-refractivity contribution in [2.45, 2.75) is 25.4 Å². The normalized spacial score (nSPS) is 28.7. The number of aliphatic carboxylic acids is 1. The van der Waals surface area contributed by atoms with Crippen molar-refractivity contribution in [2.75, 3.05) is 20.1 Å². The number of nitrogens with zero attached hydrogens (tertiary/aromatic N) is 1.